The molecule has 0 bridgehead atoms. The summed E-state index contributed by atoms with van der Waals surface area (Å²) in [6.07, 6.45) is 1.80. The van der Waals surface area contributed by atoms with Crippen LogP contribution in [-0.4, -0.2) is 16.1 Å². The lowest BCUT2D eigenvalue weighted by Crippen LogP contribution is -1.94. The zero-order valence-electron chi connectivity index (χ0n) is 9.74. The lowest BCUT2D eigenvalue weighted by molar-refractivity contribution is 0.0697. The third kappa shape index (κ3) is 2.47. The first-order valence-corrected chi connectivity index (χ1v) is 7.27. The van der Waals surface area contributed by atoms with Gasteiger partial charge >= 0.3 is 5.97 Å². The predicted octanol–water partition coefficient (Wildman–Crippen LogP) is 4.15. The number of pyridine rings is 1. The van der Waals surface area contributed by atoms with Gasteiger partial charge in [0.1, 0.15) is 5.03 Å². The van der Waals surface area contributed by atoms with Gasteiger partial charge in [0.25, 0.3) is 0 Å². The topological polar surface area (TPSA) is 50.2 Å². The van der Waals surface area contributed by atoms with Crippen LogP contribution in [0.1, 0.15) is 10.4 Å². The Kier molecular flexibility index (Phi) is 3.23. The van der Waals surface area contributed by atoms with Crippen LogP contribution in [-0.2, 0) is 0 Å². The standard InChI is InChI=1S/C14H9NO2S2/c16-14(17)9-1-3-10(4-2-9)19-13-11-6-8-18-12(11)5-7-15-13/h1-8H,(H,16,17). The van der Waals surface area contributed by atoms with E-state index in [4.69, 9.17) is 5.11 Å². The number of fused-ring (bicyclic) bond motifs is 1. The van der Waals surface area contributed by atoms with Crippen LogP contribution in [0.2, 0.25) is 0 Å². The largest absolute Gasteiger partial charge is 0.478 e. The molecule has 0 aliphatic carbocycles. The molecule has 2 aromatic heterocycles. The van der Waals surface area contributed by atoms with E-state index >= 15 is 0 Å². The monoisotopic (exact) mass is 287 g/mol. The van der Waals surface area contributed by atoms with Crippen molar-refractivity contribution in [2.24, 2.45) is 0 Å². The van der Waals surface area contributed by atoms with Crippen molar-refractivity contribution in [3.63, 3.8) is 0 Å². The Morgan fingerprint density at radius 1 is 1.16 bits per heavy atom. The molecule has 0 aliphatic heterocycles. The van der Waals surface area contributed by atoms with E-state index in [9.17, 15) is 4.79 Å². The number of carboxylic acids is 1. The van der Waals surface area contributed by atoms with Crippen molar-refractivity contribution in [2.45, 2.75) is 9.92 Å². The summed E-state index contributed by atoms with van der Waals surface area (Å²) in [7, 11) is 0. The molecule has 0 fully saturated rings. The number of benzene rings is 1. The minimum absolute atomic E-state index is 0.297. The molecule has 19 heavy (non-hydrogen) atoms. The summed E-state index contributed by atoms with van der Waals surface area (Å²) in [5, 5.41) is 13.0. The van der Waals surface area contributed by atoms with Crippen molar-refractivity contribution < 1.29 is 9.90 Å². The highest BCUT2D eigenvalue weighted by Gasteiger charge is 2.07. The first-order valence-electron chi connectivity index (χ1n) is 5.57. The number of aromatic nitrogens is 1. The first-order chi connectivity index (χ1) is 9.24. The number of rotatable bonds is 3. The molecule has 1 aromatic carbocycles. The summed E-state index contributed by atoms with van der Waals surface area (Å²) in [5.74, 6) is -0.908. The van der Waals surface area contributed by atoms with Crippen molar-refractivity contribution in [1.82, 2.24) is 4.98 Å². The Morgan fingerprint density at radius 2 is 1.95 bits per heavy atom. The van der Waals surface area contributed by atoms with Crippen LogP contribution in [0.3, 0.4) is 0 Å². The second-order valence-electron chi connectivity index (χ2n) is 3.88. The fraction of sp³-hybridized carbons (Fsp3) is 0. The Labute approximate surface area is 117 Å². The second-order valence-corrected chi connectivity index (χ2v) is 5.89. The molecule has 5 heteroatoms. The predicted molar refractivity (Wildman–Crippen MR) is 77.1 cm³/mol. The molecule has 3 aromatic rings. The number of carboxylic acid groups (broad SMARTS) is 1. The number of hydrogen-bond acceptors (Lipinski definition) is 4. The van der Waals surface area contributed by atoms with E-state index < -0.39 is 5.97 Å². The number of carbonyl (C=O) groups is 1. The normalized spacial score (nSPS) is 10.7. The SMILES string of the molecule is O=C(O)c1ccc(Sc2nccc3sccc23)cc1. The number of nitrogens with zero attached hydrogens (tertiary/aromatic N) is 1. The van der Waals surface area contributed by atoms with Gasteiger partial charge in [-0.2, -0.15) is 0 Å². The maximum Gasteiger partial charge on any atom is 0.335 e. The molecule has 0 atom stereocenters. The van der Waals surface area contributed by atoms with Gasteiger partial charge in [-0.3, -0.25) is 0 Å². The second kappa shape index (κ2) is 5.03. The van der Waals surface area contributed by atoms with Gasteiger partial charge in [-0.05, 0) is 41.8 Å². The van der Waals surface area contributed by atoms with Gasteiger partial charge < -0.3 is 5.11 Å². The third-order valence-electron chi connectivity index (χ3n) is 2.66. The molecule has 0 aliphatic rings. The molecule has 94 valence electrons. The Morgan fingerprint density at radius 3 is 2.68 bits per heavy atom. The van der Waals surface area contributed by atoms with E-state index in [0.29, 0.717) is 5.56 Å². The molecule has 3 rings (SSSR count). The summed E-state index contributed by atoms with van der Waals surface area (Å²) < 4.78 is 1.21. The van der Waals surface area contributed by atoms with Gasteiger partial charge in [0, 0.05) is 21.2 Å². The van der Waals surface area contributed by atoms with Crippen LogP contribution in [0.4, 0.5) is 0 Å². The number of thiophene rings is 1. The van der Waals surface area contributed by atoms with Crippen molar-refractivity contribution in [3.05, 3.63) is 53.5 Å². The van der Waals surface area contributed by atoms with E-state index in [-0.39, 0.29) is 0 Å². The van der Waals surface area contributed by atoms with E-state index in [1.54, 1.807) is 53.6 Å². The Bertz CT molecular complexity index is 735. The maximum atomic E-state index is 10.8. The number of hydrogen-bond donors (Lipinski definition) is 1. The molecule has 0 amide bonds. The Balaban J connectivity index is 1.92. The molecule has 0 radical (unpaired) electrons. The average Bonchev–Trinajstić information content (AvgIpc) is 2.89. The number of aromatic carboxylic acids is 1. The minimum Gasteiger partial charge on any atom is -0.478 e. The van der Waals surface area contributed by atoms with Crippen molar-refractivity contribution in [3.8, 4) is 0 Å². The molecule has 1 N–H and O–H groups in total. The van der Waals surface area contributed by atoms with Crippen molar-refractivity contribution >= 4 is 39.2 Å². The highest BCUT2D eigenvalue weighted by atomic mass is 32.2. The van der Waals surface area contributed by atoms with Crippen LogP contribution >= 0.6 is 23.1 Å². The van der Waals surface area contributed by atoms with Crippen LogP contribution in [0, 0.1) is 0 Å². The van der Waals surface area contributed by atoms with Crippen molar-refractivity contribution in [2.75, 3.05) is 0 Å². The lowest BCUT2D eigenvalue weighted by atomic mass is 10.2. The van der Waals surface area contributed by atoms with Gasteiger partial charge in [0.2, 0.25) is 0 Å². The minimum atomic E-state index is -0.908. The van der Waals surface area contributed by atoms with Crippen LogP contribution < -0.4 is 0 Å². The van der Waals surface area contributed by atoms with E-state index in [0.717, 1.165) is 15.3 Å². The molecule has 3 nitrogen and oxygen atoms in total. The molecule has 2 heterocycles. The van der Waals surface area contributed by atoms with Crippen LogP contribution in [0.25, 0.3) is 10.1 Å². The molecule has 0 saturated carbocycles. The third-order valence-corrected chi connectivity index (χ3v) is 4.57. The summed E-state index contributed by atoms with van der Waals surface area (Å²) in [4.78, 5) is 16.2. The molecular weight excluding hydrogens is 278 g/mol. The van der Waals surface area contributed by atoms with Gasteiger partial charge in [-0.1, -0.05) is 11.8 Å². The van der Waals surface area contributed by atoms with Crippen LogP contribution in [0.15, 0.2) is 57.9 Å². The van der Waals surface area contributed by atoms with Crippen molar-refractivity contribution in [1.29, 1.82) is 0 Å². The fourth-order valence-electron chi connectivity index (χ4n) is 1.73. The molecule has 0 spiro atoms. The molecule has 0 saturated heterocycles. The highest BCUT2D eigenvalue weighted by molar-refractivity contribution is 7.99. The zero-order chi connectivity index (χ0) is 13.2. The van der Waals surface area contributed by atoms with E-state index in [1.807, 2.05) is 11.4 Å². The lowest BCUT2D eigenvalue weighted by Gasteiger charge is -2.03. The summed E-state index contributed by atoms with van der Waals surface area (Å²) in [6, 6.07) is 10.9. The van der Waals surface area contributed by atoms with E-state index in [1.165, 1.54) is 4.70 Å². The van der Waals surface area contributed by atoms with Gasteiger partial charge in [0.05, 0.1) is 5.56 Å². The van der Waals surface area contributed by atoms with Crippen LogP contribution in [0.5, 0.6) is 0 Å². The van der Waals surface area contributed by atoms with Gasteiger partial charge in [-0.25, -0.2) is 9.78 Å². The summed E-state index contributed by atoms with van der Waals surface area (Å²) in [5.41, 5.74) is 0.297. The Hall–Kier alpha value is -1.85. The van der Waals surface area contributed by atoms with Gasteiger partial charge in [0.15, 0.2) is 0 Å². The average molecular weight is 287 g/mol. The highest BCUT2D eigenvalue weighted by Crippen LogP contribution is 2.33. The van der Waals surface area contributed by atoms with Gasteiger partial charge in [-0.15, -0.1) is 11.3 Å². The molecule has 0 unspecified atom stereocenters. The smallest absolute Gasteiger partial charge is 0.335 e. The first kappa shape index (κ1) is 12.2. The maximum absolute atomic E-state index is 10.8. The summed E-state index contributed by atoms with van der Waals surface area (Å²) in [6.45, 7) is 0. The quantitative estimate of drug-likeness (QED) is 0.786. The fourth-order valence-corrected chi connectivity index (χ4v) is 3.47. The van der Waals surface area contributed by atoms with E-state index in [2.05, 4.69) is 11.1 Å². The zero-order valence-corrected chi connectivity index (χ0v) is 11.4. The summed E-state index contributed by atoms with van der Waals surface area (Å²) >= 11 is 3.23. The molecular formula is C14H9NO2S2.